The van der Waals surface area contributed by atoms with Crippen LogP contribution in [0.15, 0.2) is 48.5 Å². The Morgan fingerprint density at radius 3 is 2.00 bits per heavy atom. The van der Waals surface area contributed by atoms with Crippen LogP contribution in [0, 0.1) is 11.8 Å². The number of fused-ring (bicyclic) bond motifs is 3. The van der Waals surface area contributed by atoms with E-state index in [2.05, 4.69) is 22.8 Å². The summed E-state index contributed by atoms with van der Waals surface area (Å²) in [7, 11) is 0. The van der Waals surface area contributed by atoms with E-state index in [1.54, 1.807) is 13.8 Å². The summed E-state index contributed by atoms with van der Waals surface area (Å²) in [5.41, 5.74) is 4.47. The maximum Gasteiger partial charge on any atom is 0.407 e. The van der Waals surface area contributed by atoms with Gasteiger partial charge in [0.2, 0.25) is 5.91 Å². The first-order chi connectivity index (χ1) is 16.2. The molecule has 1 aliphatic carbocycles. The molecule has 182 valence electrons. The molecule has 0 saturated heterocycles. The Morgan fingerprint density at radius 1 is 0.941 bits per heavy atom. The fraction of sp³-hybridized carbons (Fsp3) is 0.444. The minimum atomic E-state index is -1.10. The molecule has 0 aromatic heterocycles. The van der Waals surface area contributed by atoms with Gasteiger partial charge >= 0.3 is 12.1 Å². The van der Waals surface area contributed by atoms with Crippen LogP contribution in [0.1, 0.15) is 57.6 Å². The molecule has 2 amide bonds. The third kappa shape index (κ3) is 5.76. The van der Waals surface area contributed by atoms with Gasteiger partial charge in [0.05, 0.1) is 0 Å². The molecule has 34 heavy (non-hydrogen) atoms. The highest BCUT2D eigenvalue weighted by molar-refractivity contribution is 5.89. The number of ether oxygens (including phenoxy) is 1. The van der Waals surface area contributed by atoms with Gasteiger partial charge in [0.25, 0.3) is 0 Å². The third-order valence-electron chi connectivity index (χ3n) is 6.52. The van der Waals surface area contributed by atoms with Crippen LogP contribution < -0.4 is 10.6 Å². The summed E-state index contributed by atoms with van der Waals surface area (Å²) in [5, 5.41) is 14.7. The number of carboxylic acid groups (broad SMARTS) is 1. The number of carbonyl (C=O) groups excluding carboxylic acids is 2. The molecule has 0 aliphatic heterocycles. The van der Waals surface area contributed by atoms with E-state index in [0.29, 0.717) is 6.42 Å². The Hall–Kier alpha value is -3.35. The zero-order chi connectivity index (χ0) is 24.8. The van der Waals surface area contributed by atoms with Crippen molar-refractivity contribution in [1.29, 1.82) is 0 Å². The van der Waals surface area contributed by atoms with Gasteiger partial charge in [-0.25, -0.2) is 9.59 Å². The zero-order valence-corrected chi connectivity index (χ0v) is 20.2. The van der Waals surface area contributed by atoms with Crippen LogP contribution in [0.3, 0.4) is 0 Å². The molecule has 0 radical (unpaired) electrons. The summed E-state index contributed by atoms with van der Waals surface area (Å²) >= 11 is 0. The van der Waals surface area contributed by atoms with Crippen molar-refractivity contribution in [3.05, 3.63) is 59.7 Å². The predicted octanol–water partition coefficient (Wildman–Crippen LogP) is 4.56. The summed E-state index contributed by atoms with van der Waals surface area (Å²) in [5.74, 6) is -1.84. The van der Waals surface area contributed by atoms with Crippen LogP contribution in [0.2, 0.25) is 0 Å². The predicted molar refractivity (Wildman–Crippen MR) is 130 cm³/mol. The van der Waals surface area contributed by atoms with E-state index in [4.69, 9.17) is 4.74 Å². The van der Waals surface area contributed by atoms with Crippen LogP contribution in [0.25, 0.3) is 11.1 Å². The molecule has 3 unspecified atom stereocenters. The van der Waals surface area contributed by atoms with E-state index >= 15 is 0 Å². The van der Waals surface area contributed by atoms with E-state index in [1.165, 1.54) is 0 Å². The first-order valence-electron chi connectivity index (χ1n) is 11.9. The van der Waals surface area contributed by atoms with Crippen molar-refractivity contribution in [3.63, 3.8) is 0 Å². The number of alkyl carbamates (subject to hydrolysis) is 1. The smallest absolute Gasteiger partial charge is 0.407 e. The van der Waals surface area contributed by atoms with Gasteiger partial charge in [0, 0.05) is 5.92 Å². The molecule has 3 N–H and O–H groups in total. The maximum atomic E-state index is 12.9. The maximum absolute atomic E-state index is 12.9. The Labute approximate surface area is 200 Å². The lowest BCUT2D eigenvalue weighted by molar-refractivity contribution is -0.143. The number of hydrogen-bond donors (Lipinski definition) is 3. The first kappa shape index (κ1) is 25.3. The first-order valence-corrected chi connectivity index (χ1v) is 11.9. The SMILES string of the molecule is CCC(C)CC(NC(=O)OCC1c2ccccc2-c2ccccc21)C(=O)NC(C(=O)O)C(C)C. The number of aliphatic carboxylic acids is 1. The Balaban J connectivity index is 1.69. The van der Waals surface area contributed by atoms with Crippen LogP contribution in [-0.4, -0.2) is 41.8 Å². The molecule has 0 spiro atoms. The van der Waals surface area contributed by atoms with Gasteiger partial charge in [0.1, 0.15) is 18.7 Å². The number of carbonyl (C=O) groups is 3. The van der Waals surface area contributed by atoms with Gasteiger partial charge in [0.15, 0.2) is 0 Å². The van der Waals surface area contributed by atoms with E-state index in [-0.39, 0.29) is 24.4 Å². The van der Waals surface area contributed by atoms with E-state index < -0.39 is 30.1 Å². The highest BCUT2D eigenvalue weighted by Crippen LogP contribution is 2.44. The van der Waals surface area contributed by atoms with Gasteiger partial charge in [-0.3, -0.25) is 4.79 Å². The monoisotopic (exact) mass is 466 g/mol. The highest BCUT2D eigenvalue weighted by Gasteiger charge is 2.31. The summed E-state index contributed by atoms with van der Waals surface area (Å²) in [6.45, 7) is 7.57. The van der Waals surface area contributed by atoms with Crippen LogP contribution in [0.5, 0.6) is 0 Å². The number of rotatable bonds is 10. The lowest BCUT2D eigenvalue weighted by Gasteiger charge is -2.25. The number of amides is 2. The normalized spacial score (nSPS) is 15.1. The lowest BCUT2D eigenvalue weighted by atomic mass is 9.97. The number of carboxylic acids is 1. The van der Waals surface area contributed by atoms with E-state index in [0.717, 1.165) is 28.7 Å². The van der Waals surface area contributed by atoms with Crippen molar-refractivity contribution < 1.29 is 24.2 Å². The number of nitrogens with one attached hydrogen (secondary N) is 2. The van der Waals surface area contributed by atoms with Crippen LogP contribution in [0.4, 0.5) is 4.79 Å². The standard InChI is InChI=1S/C27H34N2O5/c1-5-17(4)14-23(25(30)29-24(16(2)3)26(31)32)28-27(33)34-15-22-20-12-8-6-10-18(20)19-11-7-9-13-21(19)22/h6-13,16-17,22-24H,5,14-15H2,1-4H3,(H,28,33)(H,29,30)(H,31,32). The van der Waals surface area contributed by atoms with Crippen LogP contribution >= 0.6 is 0 Å². The molecule has 2 aromatic rings. The fourth-order valence-corrected chi connectivity index (χ4v) is 4.35. The summed E-state index contributed by atoms with van der Waals surface area (Å²) in [6, 6.07) is 14.2. The Kier molecular flexibility index (Phi) is 8.31. The molecule has 1 aliphatic rings. The van der Waals surface area contributed by atoms with E-state index in [9.17, 15) is 19.5 Å². The largest absolute Gasteiger partial charge is 0.480 e. The van der Waals surface area contributed by atoms with Gasteiger partial charge in [-0.05, 0) is 40.5 Å². The summed E-state index contributed by atoms with van der Waals surface area (Å²) in [4.78, 5) is 37.1. The second kappa shape index (κ2) is 11.2. The van der Waals surface area contributed by atoms with Crippen LogP contribution in [-0.2, 0) is 14.3 Å². The van der Waals surface area contributed by atoms with Crippen molar-refractivity contribution in [2.45, 2.75) is 58.5 Å². The average Bonchev–Trinajstić information content (AvgIpc) is 3.13. The highest BCUT2D eigenvalue weighted by atomic mass is 16.5. The number of benzene rings is 2. The van der Waals surface area contributed by atoms with Gasteiger partial charge in [-0.15, -0.1) is 0 Å². The molecule has 0 heterocycles. The second-order valence-corrected chi connectivity index (χ2v) is 9.34. The van der Waals surface area contributed by atoms with Gasteiger partial charge in [-0.1, -0.05) is 82.6 Å². The molecule has 0 saturated carbocycles. The molecule has 7 heteroatoms. The quantitative estimate of drug-likeness (QED) is 0.476. The molecule has 2 aromatic carbocycles. The Bertz CT molecular complexity index is 990. The van der Waals surface area contributed by atoms with E-state index in [1.807, 2.05) is 50.2 Å². The van der Waals surface area contributed by atoms with Gasteiger partial charge < -0.3 is 20.5 Å². The van der Waals surface area contributed by atoms with Crippen molar-refractivity contribution in [2.75, 3.05) is 6.61 Å². The molecule has 3 atom stereocenters. The summed E-state index contributed by atoms with van der Waals surface area (Å²) < 4.78 is 5.59. The topological polar surface area (TPSA) is 105 Å². The average molecular weight is 467 g/mol. The fourth-order valence-electron chi connectivity index (χ4n) is 4.35. The molecule has 0 fully saturated rings. The zero-order valence-electron chi connectivity index (χ0n) is 20.2. The molecule has 0 bridgehead atoms. The minimum absolute atomic E-state index is 0.0858. The van der Waals surface area contributed by atoms with Crippen molar-refractivity contribution >= 4 is 18.0 Å². The van der Waals surface area contributed by atoms with Crippen molar-refractivity contribution in [1.82, 2.24) is 10.6 Å². The van der Waals surface area contributed by atoms with Gasteiger partial charge in [-0.2, -0.15) is 0 Å². The Morgan fingerprint density at radius 2 is 1.50 bits per heavy atom. The molecular weight excluding hydrogens is 432 g/mol. The van der Waals surface area contributed by atoms with Crippen molar-refractivity contribution in [3.8, 4) is 11.1 Å². The number of hydrogen-bond acceptors (Lipinski definition) is 4. The van der Waals surface area contributed by atoms with Crippen molar-refractivity contribution in [2.24, 2.45) is 11.8 Å². The lowest BCUT2D eigenvalue weighted by Crippen LogP contribution is -2.53. The summed E-state index contributed by atoms with van der Waals surface area (Å²) in [6.07, 6.45) is 0.515. The second-order valence-electron chi connectivity index (χ2n) is 9.34. The molecular formula is C27H34N2O5. The molecule has 3 rings (SSSR count). The minimum Gasteiger partial charge on any atom is -0.480 e. The molecule has 7 nitrogen and oxygen atoms in total. The third-order valence-corrected chi connectivity index (χ3v) is 6.52.